The van der Waals surface area contributed by atoms with Gasteiger partial charge in [0.15, 0.2) is 6.54 Å². The van der Waals surface area contributed by atoms with Crippen LogP contribution in [0.15, 0.2) is 70.1 Å². The maximum absolute atomic E-state index is 11.4. The lowest BCUT2D eigenvalue weighted by atomic mass is 10.1. The molecule has 1 aliphatic heterocycles. The normalized spacial score (nSPS) is 15.2. The zero-order chi connectivity index (χ0) is 30.9. The highest BCUT2D eigenvalue weighted by molar-refractivity contribution is 8.03. The minimum absolute atomic E-state index is 0.204. The Kier molecular flexibility index (Phi) is 9.36. The average molecular weight is 658 g/mol. The molecule has 0 fully saturated rings. The SMILES string of the molecule is CCC(/C=C1\Sc2cc(C)c(C)cc2N1CCCS(=O)(=O)[O-])=C\c1sc2ccc3ccccc3c2[n+]1CCCS(=O)(=O)[O-]. The van der Waals surface area contributed by atoms with E-state index in [9.17, 15) is 25.9 Å². The molecule has 0 spiro atoms. The summed E-state index contributed by atoms with van der Waals surface area (Å²) in [6, 6.07) is 16.5. The summed E-state index contributed by atoms with van der Waals surface area (Å²) in [5.74, 6) is -0.857. The summed E-state index contributed by atoms with van der Waals surface area (Å²) in [4.78, 5) is 3.17. The van der Waals surface area contributed by atoms with Crippen LogP contribution in [0, 0.1) is 13.8 Å². The monoisotopic (exact) mass is 657 g/mol. The fourth-order valence-corrected chi connectivity index (χ4v) is 8.65. The van der Waals surface area contributed by atoms with E-state index in [1.54, 1.807) is 23.1 Å². The Morgan fingerprint density at radius 2 is 1.65 bits per heavy atom. The Morgan fingerprint density at radius 1 is 0.953 bits per heavy atom. The average Bonchev–Trinajstić information content (AvgIpc) is 3.44. The van der Waals surface area contributed by atoms with Crippen LogP contribution in [0.2, 0.25) is 0 Å². The smallest absolute Gasteiger partial charge is 0.263 e. The molecule has 12 heteroatoms. The molecule has 228 valence electrons. The number of allylic oxidation sites excluding steroid dienone is 2. The first-order chi connectivity index (χ1) is 20.3. The van der Waals surface area contributed by atoms with E-state index < -0.39 is 31.7 Å². The zero-order valence-electron chi connectivity index (χ0n) is 24.2. The molecule has 0 unspecified atom stereocenters. The molecule has 0 saturated carbocycles. The van der Waals surface area contributed by atoms with Crippen LogP contribution in [0.3, 0.4) is 0 Å². The highest BCUT2D eigenvalue weighted by atomic mass is 32.2. The second-order valence-corrected chi connectivity index (χ2v) is 15.8. The topological polar surface area (TPSA) is 122 Å². The predicted molar refractivity (Wildman–Crippen MR) is 173 cm³/mol. The van der Waals surface area contributed by atoms with Crippen LogP contribution in [0.4, 0.5) is 5.69 Å². The lowest BCUT2D eigenvalue weighted by Gasteiger charge is -2.22. The molecule has 0 N–H and O–H groups in total. The standard InChI is InChI=1S/C31H34N2O6S4/c1-4-23(19-29-32(13-7-15-42(34,35)36)26-17-21(2)22(3)18-28(26)41-29)20-30-33(14-8-16-43(37,38)39)31-25-10-6-5-9-24(25)11-12-27(31)40-30/h5-6,9-12,17-20H,4,7-8,13-16H2,1-3H3,(H-,34,35,36,37,38,39)/p-1. The van der Waals surface area contributed by atoms with E-state index in [0.717, 1.165) is 52.7 Å². The maximum Gasteiger partial charge on any atom is 0.263 e. The summed E-state index contributed by atoms with van der Waals surface area (Å²) in [6.07, 6.45) is 5.35. The summed E-state index contributed by atoms with van der Waals surface area (Å²) in [5.41, 5.74) is 5.34. The Bertz CT molecular complexity index is 1980. The van der Waals surface area contributed by atoms with Gasteiger partial charge in [0.25, 0.3) is 5.01 Å². The molecule has 2 heterocycles. The van der Waals surface area contributed by atoms with Gasteiger partial charge in [0, 0.05) is 35.4 Å². The number of nitrogens with zero attached hydrogens (tertiary/aromatic N) is 2. The van der Waals surface area contributed by atoms with Gasteiger partial charge in [-0.3, -0.25) is 0 Å². The van der Waals surface area contributed by atoms with Gasteiger partial charge in [-0.1, -0.05) is 54.3 Å². The molecule has 1 aliphatic rings. The first-order valence-electron chi connectivity index (χ1n) is 14.0. The lowest BCUT2D eigenvalue weighted by molar-refractivity contribution is -0.667. The van der Waals surface area contributed by atoms with Crippen LogP contribution < -0.4 is 9.47 Å². The molecule has 8 nitrogen and oxygen atoms in total. The number of aromatic nitrogens is 1. The van der Waals surface area contributed by atoms with Crippen LogP contribution in [-0.4, -0.2) is 44.0 Å². The number of anilines is 1. The fraction of sp³-hybridized carbons (Fsp3) is 0.323. The molecule has 0 saturated heterocycles. The van der Waals surface area contributed by atoms with Crippen LogP contribution in [0.1, 0.15) is 42.3 Å². The van der Waals surface area contributed by atoms with Crippen LogP contribution in [-0.2, 0) is 26.8 Å². The first-order valence-corrected chi connectivity index (χ1v) is 18.8. The van der Waals surface area contributed by atoms with Crippen molar-refractivity contribution in [3.63, 3.8) is 0 Å². The van der Waals surface area contributed by atoms with Gasteiger partial charge in [-0.05, 0) is 79.1 Å². The van der Waals surface area contributed by atoms with Crippen molar-refractivity contribution in [2.75, 3.05) is 23.0 Å². The van der Waals surface area contributed by atoms with E-state index in [-0.39, 0.29) is 12.8 Å². The van der Waals surface area contributed by atoms with Crippen LogP contribution in [0.25, 0.3) is 27.1 Å². The fourth-order valence-electron chi connectivity index (χ4n) is 5.26. The minimum atomic E-state index is -4.34. The van der Waals surface area contributed by atoms with E-state index in [2.05, 4.69) is 65.8 Å². The second kappa shape index (κ2) is 12.7. The predicted octanol–water partition coefficient (Wildman–Crippen LogP) is 6.08. The van der Waals surface area contributed by atoms with E-state index in [0.29, 0.717) is 19.5 Å². The van der Waals surface area contributed by atoms with E-state index >= 15 is 0 Å². The molecule has 0 bridgehead atoms. The maximum atomic E-state index is 11.4. The summed E-state index contributed by atoms with van der Waals surface area (Å²) in [5, 5.41) is 4.03. The van der Waals surface area contributed by atoms with Gasteiger partial charge < -0.3 is 14.0 Å². The minimum Gasteiger partial charge on any atom is -0.748 e. The molecule has 43 heavy (non-hydrogen) atoms. The van der Waals surface area contributed by atoms with Gasteiger partial charge in [-0.2, -0.15) is 4.57 Å². The quantitative estimate of drug-likeness (QED) is 0.141. The largest absolute Gasteiger partial charge is 0.748 e. The number of hydrogen-bond donors (Lipinski definition) is 0. The lowest BCUT2D eigenvalue weighted by Crippen LogP contribution is -2.36. The van der Waals surface area contributed by atoms with Crippen molar-refractivity contribution >= 4 is 76.1 Å². The highest BCUT2D eigenvalue weighted by Crippen LogP contribution is 2.47. The van der Waals surface area contributed by atoms with Crippen molar-refractivity contribution < 1.29 is 30.5 Å². The molecule has 5 rings (SSSR count). The van der Waals surface area contributed by atoms with Gasteiger partial charge in [0.2, 0.25) is 5.52 Å². The third kappa shape index (κ3) is 7.50. The Morgan fingerprint density at radius 3 is 2.37 bits per heavy atom. The molecule has 3 aromatic carbocycles. The van der Waals surface area contributed by atoms with E-state index in [1.165, 1.54) is 5.56 Å². The third-order valence-corrected chi connectivity index (χ3v) is 11.3. The summed E-state index contributed by atoms with van der Waals surface area (Å²) in [7, 11) is -8.65. The number of aryl methyl sites for hydroxylation is 3. The number of rotatable bonds is 11. The van der Waals surface area contributed by atoms with E-state index in [1.807, 2.05) is 25.1 Å². The zero-order valence-corrected chi connectivity index (χ0v) is 27.5. The molecule has 4 aromatic rings. The van der Waals surface area contributed by atoms with Crippen LogP contribution >= 0.6 is 23.1 Å². The van der Waals surface area contributed by atoms with Crippen molar-refractivity contribution in [2.24, 2.45) is 0 Å². The van der Waals surface area contributed by atoms with Crippen molar-refractivity contribution in [3.8, 4) is 0 Å². The van der Waals surface area contributed by atoms with Gasteiger partial charge >= 0.3 is 0 Å². The highest BCUT2D eigenvalue weighted by Gasteiger charge is 2.27. The van der Waals surface area contributed by atoms with Crippen LogP contribution in [0.5, 0.6) is 0 Å². The Labute approximate surface area is 261 Å². The number of benzene rings is 3. The van der Waals surface area contributed by atoms with Crippen molar-refractivity contribution in [1.29, 1.82) is 0 Å². The number of fused-ring (bicyclic) bond motifs is 4. The summed E-state index contributed by atoms with van der Waals surface area (Å²) >= 11 is 3.24. The molecule has 0 radical (unpaired) electrons. The molecule has 0 aliphatic carbocycles. The molecular formula is C31H33N2O6S4-. The van der Waals surface area contributed by atoms with Gasteiger partial charge in [-0.15, -0.1) is 0 Å². The molecule has 0 amide bonds. The Balaban J connectivity index is 1.58. The summed E-state index contributed by atoms with van der Waals surface area (Å²) in [6.45, 7) is 6.94. The van der Waals surface area contributed by atoms with E-state index in [4.69, 9.17) is 0 Å². The van der Waals surface area contributed by atoms with Crippen molar-refractivity contribution in [1.82, 2.24) is 0 Å². The molecule has 0 atom stereocenters. The van der Waals surface area contributed by atoms with Crippen molar-refractivity contribution in [2.45, 2.75) is 51.5 Å². The molecular weight excluding hydrogens is 625 g/mol. The Hall–Kier alpha value is -2.74. The number of thiazole rings is 1. The number of hydrogen-bond acceptors (Lipinski definition) is 9. The van der Waals surface area contributed by atoms with Crippen molar-refractivity contribution in [3.05, 3.63) is 81.3 Å². The number of thioether (sulfide) groups is 1. The molecule has 1 aromatic heterocycles. The second-order valence-electron chi connectivity index (χ2n) is 10.7. The van der Waals surface area contributed by atoms with Gasteiger partial charge in [0.05, 0.1) is 36.3 Å². The first kappa shape index (κ1) is 31.7. The summed E-state index contributed by atoms with van der Waals surface area (Å²) < 4.78 is 71.3. The van der Waals surface area contributed by atoms with Gasteiger partial charge in [0.1, 0.15) is 4.70 Å². The van der Waals surface area contributed by atoms with Gasteiger partial charge in [-0.25, -0.2) is 16.8 Å². The third-order valence-electron chi connectivity index (χ3n) is 7.54.